The van der Waals surface area contributed by atoms with E-state index in [0.717, 1.165) is 0 Å². The van der Waals surface area contributed by atoms with Crippen molar-refractivity contribution in [3.8, 4) is 0 Å². The molecule has 0 saturated heterocycles. The summed E-state index contributed by atoms with van der Waals surface area (Å²) in [4.78, 5) is 35.9. The first-order valence-corrected chi connectivity index (χ1v) is 4.54. The highest BCUT2D eigenvalue weighted by molar-refractivity contribution is 5.80. The summed E-state index contributed by atoms with van der Waals surface area (Å²) in [6.45, 7) is 1.55. The number of carboxylic acids is 1. The van der Waals surface area contributed by atoms with Crippen molar-refractivity contribution in [3.63, 3.8) is 0 Å². The summed E-state index contributed by atoms with van der Waals surface area (Å²) in [6.07, 6.45) is -0.401. The van der Waals surface area contributed by atoms with Crippen LogP contribution in [0.15, 0.2) is 9.59 Å². The molecule has 16 heavy (non-hydrogen) atoms. The lowest BCUT2D eigenvalue weighted by atomic mass is 10.1. The number of rotatable bonds is 2. The molecule has 2 aromatic heterocycles. The van der Waals surface area contributed by atoms with Crippen LogP contribution in [0.3, 0.4) is 0 Å². The highest BCUT2D eigenvalue weighted by Gasteiger charge is 2.15. The smallest absolute Gasteiger partial charge is 0.308 e. The van der Waals surface area contributed by atoms with E-state index in [2.05, 4.69) is 15.2 Å². The molecule has 7 nitrogen and oxygen atoms in total. The molecule has 2 aromatic rings. The Balaban J connectivity index is 2.84. The Bertz CT molecular complexity index is 676. The van der Waals surface area contributed by atoms with E-state index in [1.165, 1.54) is 0 Å². The Morgan fingerprint density at radius 3 is 2.56 bits per heavy atom. The normalized spacial score (nSPS) is 10.8. The van der Waals surface area contributed by atoms with Gasteiger partial charge in [0.1, 0.15) is 5.65 Å². The fourth-order valence-corrected chi connectivity index (χ4v) is 1.68. The van der Waals surface area contributed by atoms with E-state index in [1.54, 1.807) is 6.92 Å². The lowest BCUT2D eigenvalue weighted by Gasteiger charge is -2.01. The van der Waals surface area contributed by atoms with Crippen LogP contribution in [0.1, 0.15) is 11.1 Å². The van der Waals surface area contributed by atoms with Crippen LogP contribution < -0.4 is 11.1 Å². The fourth-order valence-electron chi connectivity index (χ4n) is 1.68. The highest BCUT2D eigenvalue weighted by atomic mass is 16.4. The molecule has 0 atom stereocenters. The molecule has 4 N–H and O–H groups in total. The minimum absolute atomic E-state index is 0.102. The third-order valence-corrected chi connectivity index (χ3v) is 2.45. The molecule has 0 aromatic carbocycles. The summed E-state index contributed by atoms with van der Waals surface area (Å²) in [7, 11) is 0. The number of pyridine rings is 1. The number of aryl methyl sites for hydroxylation is 1. The van der Waals surface area contributed by atoms with Gasteiger partial charge in [0.15, 0.2) is 0 Å². The summed E-state index contributed by atoms with van der Waals surface area (Å²) in [5, 5.41) is 13.8. The number of H-pyrrole nitrogens is 3. The predicted octanol–water partition coefficient (Wildman–Crippen LogP) is -0.520. The van der Waals surface area contributed by atoms with E-state index in [0.29, 0.717) is 5.56 Å². The molecule has 0 saturated carbocycles. The second-order valence-electron chi connectivity index (χ2n) is 3.46. The predicted molar refractivity (Wildman–Crippen MR) is 55.6 cm³/mol. The van der Waals surface area contributed by atoms with Gasteiger partial charge in [0.05, 0.1) is 11.8 Å². The van der Waals surface area contributed by atoms with Gasteiger partial charge in [-0.3, -0.25) is 24.6 Å². The molecule has 0 aliphatic rings. The van der Waals surface area contributed by atoms with E-state index in [-0.39, 0.29) is 22.2 Å². The number of aliphatic carboxylic acids is 1. The largest absolute Gasteiger partial charge is 0.481 e. The number of hydrogen-bond donors (Lipinski definition) is 4. The molecule has 2 rings (SSSR count). The van der Waals surface area contributed by atoms with Crippen molar-refractivity contribution in [1.82, 2.24) is 15.2 Å². The van der Waals surface area contributed by atoms with Crippen molar-refractivity contribution in [3.05, 3.63) is 31.8 Å². The monoisotopic (exact) mass is 223 g/mol. The van der Waals surface area contributed by atoms with Gasteiger partial charge in [-0.15, -0.1) is 0 Å². The molecule has 0 aliphatic carbocycles. The van der Waals surface area contributed by atoms with Gasteiger partial charge >= 0.3 is 5.97 Å². The number of aromatic amines is 3. The SMILES string of the molecule is Cc1c(CC(=O)O)c(=O)[nH]c2[nH][nH]c(=O)c12. The molecule has 0 spiro atoms. The van der Waals surface area contributed by atoms with Crippen molar-refractivity contribution in [2.24, 2.45) is 0 Å². The second kappa shape index (κ2) is 3.37. The lowest BCUT2D eigenvalue weighted by molar-refractivity contribution is -0.136. The quantitative estimate of drug-likeness (QED) is 0.547. The maximum Gasteiger partial charge on any atom is 0.308 e. The summed E-state index contributed by atoms with van der Waals surface area (Å²) in [5.41, 5.74) is -0.103. The highest BCUT2D eigenvalue weighted by Crippen LogP contribution is 2.11. The number of nitrogens with one attached hydrogen (secondary N) is 3. The molecular formula is C9H9N3O4. The standard InChI is InChI=1S/C9H9N3O4/c1-3-4(2-5(13)14)8(15)10-7-6(3)9(16)12-11-7/h2H2,1H3,(H,13,14)(H3,10,11,12,15,16). The first-order chi connectivity index (χ1) is 7.50. The van der Waals surface area contributed by atoms with Gasteiger partial charge in [0.25, 0.3) is 11.1 Å². The fraction of sp³-hybridized carbons (Fsp3) is 0.222. The third kappa shape index (κ3) is 1.42. The zero-order valence-corrected chi connectivity index (χ0v) is 8.38. The first-order valence-electron chi connectivity index (χ1n) is 4.54. The average molecular weight is 223 g/mol. The zero-order valence-electron chi connectivity index (χ0n) is 8.38. The maximum atomic E-state index is 11.5. The van der Waals surface area contributed by atoms with Crippen molar-refractivity contribution in [1.29, 1.82) is 0 Å². The van der Waals surface area contributed by atoms with Crippen molar-refractivity contribution < 1.29 is 9.90 Å². The molecule has 0 bridgehead atoms. The van der Waals surface area contributed by atoms with E-state index in [9.17, 15) is 14.4 Å². The number of hydrogen-bond acceptors (Lipinski definition) is 3. The molecule has 0 unspecified atom stereocenters. The summed E-state index contributed by atoms with van der Waals surface area (Å²) < 4.78 is 0. The Morgan fingerprint density at radius 1 is 1.25 bits per heavy atom. The van der Waals surface area contributed by atoms with Crippen LogP contribution in [0.4, 0.5) is 0 Å². The van der Waals surface area contributed by atoms with Gasteiger partial charge in [-0.1, -0.05) is 0 Å². The second-order valence-corrected chi connectivity index (χ2v) is 3.46. The van der Waals surface area contributed by atoms with Crippen LogP contribution >= 0.6 is 0 Å². The summed E-state index contributed by atoms with van der Waals surface area (Å²) in [5.74, 6) is -1.11. The average Bonchev–Trinajstić information content (AvgIpc) is 2.54. The van der Waals surface area contributed by atoms with Crippen molar-refractivity contribution in [2.75, 3.05) is 0 Å². The molecule has 2 heterocycles. The molecule has 7 heteroatoms. The number of aromatic nitrogens is 3. The van der Waals surface area contributed by atoms with Crippen LogP contribution in [0, 0.1) is 6.92 Å². The Hall–Kier alpha value is -2.31. The molecule has 0 fully saturated rings. The number of carbonyl (C=O) groups is 1. The molecule has 0 aliphatic heterocycles. The van der Waals surface area contributed by atoms with Gasteiger partial charge in [-0.25, -0.2) is 0 Å². The van der Waals surface area contributed by atoms with Gasteiger partial charge < -0.3 is 10.1 Å². The summed E-state index contributed by atoms with van der Waals surface area (Å²) in [6, 6.07) is 0. The van der Waals surface area contributed by atoms with E-state index in [4.69, 9.17) is 5.11 Å². The maximum absolute atomic E-state index is 11.5. The number of fused-ring (bicyclic) bond motifs is 1. The van der Waals surface area contributed by atoms with E-state index in [1.807, 2.05) is 0 Å². The van der Waals surface area contributed by atoms with E-state index < -0.39 is 17.9 Å². The first kappa shape index (κ1) is 10.2. The topological polar surface area (TPSA) is 119 Å². The van der Waals surface area contributed by atoms with Crippen molar-refractivity contribution >= 4 is 17.0 Å². The Labute approximate surface area is 88.1 Å². The van der Waals surface area contributed by atoms with Crippen LogP contribution in [-0.4, -0.2) is 26.3 Å². The van der Waals surface area contributed by atoms with Gasteiger partial charge in [-0.2, -0.15) is 0 Å². The Morgan fingerprint density at radius 2 is 1.94 bits per heavy atom. The van der Waals surface area contributed by atoms with Gasteiger partial charge in [0, 0.05) is 5.56 Å². The minimum atomic E-state index is -1.11. The van der Waals surface area contributed by atoms with E-state index >= 15 is 0 Å². The molecule has 0 amide bonds. The van der Waals surface area contributed by atoms with Crippen LogP contribution in [0.5, 0.6) is 0 Å². The number of carboxylic acid groups (broad SMARTS) is 1. The third-order valence-electron chi connectivity index (χ3n) is 2.45. The van der Waals surface area contributed by atoms with Gasteiger partial charge in [-0.05, 0) is 12.5 Å². The molecule has 84 valence electrons. The molecular weight excluding hydrogens is 214 g/mol. The van der Waals surface area contributed by atoms with Crippen LogP contribution in [0.25, 0.3) is 11.0 Å². The van der Waals surface area contributed by atoms with Crippen molar-refractivity contribution in [2.45, 2.75) is 13.3 Å². The minimum Gasteiger partial charge on any atom is -0.481 e. The Kier molecular flexibility index (Phi) is 2.15. The molecule has 0 radical (unpaired) electrons. The van der Waals surface area contributed by atoms with Crippen LogP contribution in [0.2, 0.25) is 0 Å². The lowest BCUT2D eigenvalue weighted by Crippen LogP contribution is -2.19. The zero-order chi connectivity index (χ0) is 11.9. The summed E-state index contributed by atoms with van der Waals surface area (Å²) >= 11 is 0. The van der Waals surface area contributed by atoms with Crippen LogP contribution in [-0.2, 0) is 11.2 Å². The van der Waals surface area contributed by atoms with Gasteiger partial charge in [0.2, 0.25) is 0 Å².